The van der Waals surface area contributed by atoms with E-state index in [-0.39, 0.29) is 32.2 Å². The van der Waals surface area contributed by atoms with E-state index in [1.165, 1.54) is 0 Å². The van der Waals surface area contributed by atoms with Crippen LogP contribution in [0.25, 0.3) is 0 Å². The Morgan fingerprint density at radius 2 is 1.65 bits per heavy atom. The van der Waals surface area contributed by atoms with E-state index in [0.29, 0.717) is 19.1 Å². The predicted molar refractivity (Wildman–Crippen MR) is 196 cm³/mol. The molecule has 1 fully saturated rings. The van der Waals surface area contributed by atoms with Crippen molar-refractivity contribution in [3.8, 4) is 0 Å². The second kappa shape index (κ2) is 24.2. The number of ketones is 4. The maximum atomic E-state index is 13.7. The van der Waals surface area contributed by atoms with E-state index < -0.39 is 108 Å². The van der Waals surface area contributed by atoms with E-state index in [1.54, 1.807) is 44.2 Å². The highest BCUT2D eigenvalue weighted by Gasteiger charge is 2.38. The van der Waals surface area contributed by atoms with Crippen molar-refractivity contribution in [2.24, 2.45) is 11.8 Å². The van der Waals surface area contributed by atoms with Crippen molar-refractivity contribution in [2.75, 3.05) is 19.8 Å². The maximum Gasteiger partial charge on any atom is 0.239 e. The van der Waals surface area contributed by atoms with Crippen LogP contribution in [0.2, 0.25) is 0 Å². The molecular formula is C35H55N9O11. The Balaban J connectivity index is 2.31. The summed E-state index contributed by atoms with van der Waals surface area (Å²) in [5.74, 6) is -1.43. The van der Waals surface area contributed by atoms with Crippen LogP contribution in [-0.4, -0.2) is 131 Å². The van der Waals surface area contributed by atoms with E-state index in [0.717, 1.165) is 12.5 Å². The van der Waals surface area contributed by atoms with Gasteiger partial charge in [-0.3, -0.25) is 39.4 Å². The summed E-state index contributed by atoms with van der Waals surface area (Å²) >= 11 is 0. The number of hydrogen-bond acceptors (Lipinski definition) is 17. The number of nitrogens with one attached hydrogen (secondary N) is 8. The van der Waals surface area contributed by atoms with Crippen LogP contribution in [0.5, 0.6) is 0 Å². The summed E-state index contributed by atoms with van der Waals surface area (Å²) in [5.41, 5.74) is 13.2. The van der Waals surface area contributed by atoms with Crippen LogP contribution >= 0.6 is 0 Å². The number of carbonyl (C=O) groups excluding carboxylic acids is 8. The average Bonchev–Trinajstić information content (AvgIpc) is 3.17. The fourth-order valence-corrected chi connectivity index (χ4v) is 5.50. The van der Waals surface area contributed by atoms with Gasteiger partial charge in [-0.15, -0.1) is 0 Å². The number of rotatable bonds is 16. The van der Waals surface area contributed by atoms with Crippen LogP contribution in [0.4, 0.5) is 0 Å². The SMILES string of the molecule is CC(C)[C@H](NC(=O)C1CCCCNC(=O)CCC(NN[C@H](C=O)CO)C(=O)N[C@@H]([C@@H](C)O)C(=O)C(=O)[C@H](CO)NN1)C(=O)C(=O)[C@H](Cc1ccccc1)NN. The number of amides is 3. The van der Waals surface area contributed by atoms with Crippen LogP contribution in [0.3, 0.4) is 0 Å². The second-order valence-electron chi connectivity index (χ2n) is 13.6. The van der Waals surface area contributed by atoms with Gasteiger partial charge in [-0.05, 0) is 50.5 Å². The van der Waals surface area contributed by atoms with Crippen LogP contribution in [0.1, 0.15) is 58.4 Å². The number of hydrazine groups is 3. The third kappa shape index (κ3) is 15.0. The molecule has 0 saturated carbocycles. The van der Waals surface area contributed by atoms with E-state index in [2.05, 4.69) is 43.1 Å². The Bertz CT molecular complexity index is 1460. The van der Waals surface area contributed by atoms with Gasteiger partial charge in [0.15, 0.2) is 0 Å². The zero-order valence-electron chi connectivity index (χ0n) is 31.2. The highest BCUT2D eigenvalue weighted by molar-refractivity contribution is 6.42. The summed E-state index contributed by atoms with van der Waals surface area (Å²) in [7, 11) is 0. The van der Waals surface area contributed by atoms with Gasteiger partial charge in [0, 0.05) is 13.0 Å². The van der Waals surface area contributed by atoms with Gasteiger partial charge < -0.3 is 36.1 Å². The van der Waals surface area contributed by atoms with Gasteiger partial charge in [0.1, 0.15) is 24.4 Å². The molecule has 1 aliphatic rings. The first-order valence-corrected chi connectivity index (χ1v) is 18.1. The minimum absolute atomic E-state index is 0.0513. The van der Waals surface area contributed by atoms with Crippen molar-refractivity contribution in [2.45, 2.75) is 108 Å². The number of aldehydes is 1. The lowest BCUT2D eigenvalue weighted by molar-refractivity contribution is -0.143. The first-order chi connectivity index (χ1) is 26.2. The number of benzene rings is 1. The monoisotopic (exact) mass is 777 g/mol. The second-order valence-corrected chi connectivity index (χ2v) is 13.6. The first-order valence-electron chi connectivity index (χ1n) is 18.1. The topological polar surface area (TPSA) is 320 Å². The largest absolute Gasteiger partial charge is 0.394 e. The lowest BCUT2D eigenvalue weighted by Gasteiger charge is -2.28. The Hall–Kier alpha value is -4.38. The minimum Gasteiger partial charge on any atom is -0.394 e. The molecule has 2 rings (SSSR count). The molecule has 20 nitrogen and oxygen atoms in total. The number of aliphatic hydroxyl groups excluding tert-OH is 3. The molecule has 0 aromatic heterocycles. The maximum absolute atomic E-state index is 13.7. The van der Waals surface area contributed by atoms with E-state index in [1.807, 2.05) is 0 Å². The van der Waals surface area contributed by atoms with Crippen molar-refractivity contribution >= 4 is 47.1 Å². The molecule has 55 heavy (non-hydrogen) atoms. The number of hydrogen-bond donors (Lipinski definition) is 12. The molecule has 1 aromatic rings. The summed E-state index contributed by atoms with van der Waals surface area (Å²) in [6.45, 7) is 2.97. The third-order valence-corrected chi connectivity index (χ3v) is 8.87. The molecular weight excluding hydrogens is 722 g/mol. The molecule has 0 bridgehead atoms. The molecule has 8 atom stereocenters. The van der Waals surface area contributed by atoms with E-state index in [9.17, 15) is 53.7 Å². The van der Waals surface area contributed by atoms with Gasteiger partial charge in [0.05, 0.1) is 43.5 Å². The molecule has 2 unspecified atom stereocenters. The zero-order valence-corrected chi connectivity index (χ0v) is 31.2. The molecule has 1 saturated heterocycles. The van der Waals surface area contributed by atoms with E-state index >= 15 is 0 Å². The van der Waals surface area contributed by atoms with Gasteiger partial charge >= 0.3 is 0 Å². The fourth-order valence-electron chi connectivity index (χ4n) is 5.50. The molecule has 306 valence electrons. The molecule has 20 heteroatoms. The van der Waals surface area contributed by atoms with Crippen molar-refractivity contribution < 1.29 is 53.7 Å². The zero-order chi connectivity index (χ0) is 41.1. The summed E-state index contributed by atoms with van der Waals surface area (Å²) in [5, 5.41) is 37.3. The van der Waals surface area contributed by atoms with Gasteiger partial charge in [-0.1, -0.05) is 44.2 Å². The van der Waals surface area contributed by atoms with Gasteiger partial charge in [0.25, 0.3) is 0 Å². The smallest absolute Gasteiger partial charge is 0.239 e. The molecule has 1 aromatic carbocycles. The molecule has 1 heterocycles. The Morgan fingerprint density at radius 1 is 0.964 bits per heavy atom. The molecule has 1 aliphatic heterocycles. The summed E-state index contributed by atoms with van der Waals surface area (Å²) in [6.07, 6.45) is -0.841. The van der Waals surface area contributed by atoms with E-state index in [4.69, 9.17) is 5.84 Å². The van der Waals surface area contributed by atoms with Crippen molar-refractivity contribution in [1.29, 1.82) is 0 Å². The average molecular weight is 778 g/mol. The number of Topliss-reactive ketones (excluding diaryl/α,β-unsaturated/α-hetero) is 4. The Labute approximate surface area is 318 Å². The molecule has 0 radical (unpaired) electrons. The lowest BCUT2D eigenvalue weighted by atomic mass is 9.91. The molecule has 0 spiro atoms. The highest BCUT2D eigenvalue weighted by atomic mass is 16.3. The molecule has 3 amide bonds. The normalized spacial score (nSPS) is 23.3. The molecule has 0 aliphatic carbocycles. The third-order valence-electron chi connectivity index (χ3n) is 8.87. The van der Waals surface area contributed by atoms with Crippen LogP contribution in [0.15, 0.2) is 30.3 Å². The number of aliphatic hydroxyl groups is 3. The summed E-state index contributed by atoms with van der Waals surface area (Å²) < 4.78 is 0. The quantitative estimate of drug-likeness (QED) is 0.0325. The van der Waals surface area contributed by atoms with Crippen molar-refractivity contribution in [3.63, 3.8) is 0 Å². The Morgan fingerprint density at radius 3 is 2.24 bits per heavy atom. The Kier molecular flexibility index (Phi) is 20.6. The predicted octanol–water partition coefficient (Wildman–Crippen LogP) is -4.73. The van der Waals surface area contributed by atoms with Gasteiger partial charge in [0.2, 0.25) is 40.9 Å². The fraction of sp³-hybridized carbons (Fsp3) is 0.600. The highest BCUT2D eigenvalue weighted by Crippen LogP contribution is 2.11. The van der Waals surface area contributed by atoms with Crippen molar-refractivity contribution in [3.05, 3.63) is 35.9 Å². The van der Waals surface area contributed by atoms with Crippen LogP contribution in [0, 0.1) is 5.92 Å². The number of carbonyl (C=O) groups is 8. The van der Waals surface area contributed by atoms with Crippen LogP contribution < -0.4 is 48.9 Å². The molecule has 13 N–H and O–H groups in total. The van der Waals surface area contributed by atoms with Gasteiger partial charge in [-0.25, -0.2) is 27.1 Å². The minimum atomic E-state index is -1.82. The summed E-state index contributed by atoms with van der Waals surface area (Å²) in [6, 6.07) is -0.595. The number of nitrogens with two attached hydrogens (primary N) is 1. The first kappa shape index (κ1) is 46.8. The van der Waals surface area contributed by atoms with Crippen molar-refractivity contribution in [1.82, 2.24) is 43.1 Å². The van der Waals surface area contributed by atoms with Gasteiger partial charge in [-0.2, -0.15) is 0 Å². The summed E-state index contributed by atoms with van der Waals surface area (Å²) in [4.78, 5) is 104. The van der Waals surface area contributed by atoms with Crippen LogP contribution in [-0.2, 0) is 44.8 Å². The standard InChI is InChI=1S/C35H55N9O11/c1-19(2)28(32(52)30(50)25(40-36)15-21-9-5-4-6-10-21)38-34(54)23-11-7-8-14-37-27(49)13-12-24(42-41-22(16-45)17-46)35(55)39-29(20(3)48)33(53)31(51)26(18-47)44-43-23/h4-6,9-10,16,19-20,22-26,28-29,40-44,46-48H,7-8,11-15,17-18,36H2,1-3H3,(H,37,49)(H,38,54)(H,39,55)/t20-,22-,23?,24?,25+,26+,28+,29+/m1/s1. The lowest BCUT2D eigenvalue weighted by Crippen LogP contribution is -2.62.